The molecule has 148 valence electrons. The molecule has 2 aliphatic rings. The Morgan fingerprint density at radius 3 is 2.82 bits per heavy atom. The van der Waals surface area contributed by atoms with Crippen molar-refractivity contribution in [2.45, 2.75) is 46.0 Å². The second-order valence-electron chi connectivity index (χ2n) is 7.84. The first-order valence-corrected chi connectivity index (χ1v) is 10.1. The summed E-state index contributed by atoms with van der Waals surface area (Å²) in [5.41, 5.74) is 6.80. The smallest absolute Gasteiger partial charge is 0.319 e. The first-order valence-electron chi connectivity index (χ1n) is 10.1. The van der Waals surface area contributed by atoms with E-state index in [4.69, 9.17) is 9.47 Å². The lowest BCUT2D eigenvalue weighted by Crippen LogP contribution is -2.31. The lowest BCUT2D eigenvalue weighted by molar-refractivity contribution is 0.252. The molecular weight excluding hydrogens is 352 g/mol. The summed E-state index contributed by atoms with van der Waals surface area (Å²) in [6.45, 7) is 8.30. The molecule has 2 N–H and O–H groups in total. The Morgan fingerprint density at radius 1 is 1.18 bits per heavy atom. The van der Waals surface area contributed by atoms with Gasteiger partial charge < -0.3 is 20.1 Å². The predicted octanol–water partition coefficient (Wildman–Crippen LogP) is 4.35. The number of nitrogens with one attached hydrogen (secondary N) is 2. The van der Waals surface area contributed by atoms with Crippen LogP contribution >= 0.6 is 0 Å². The standard InChI is InChI=1S/C23H28N2O3/c1-14(2)17-6-4-5-15(3)21(17)25-23(26)24-10-7-19-18-9-12-27-20(18)13-16-8-11-28-22(16)19/h4-6,13-14H,7-12H2,1-3H3,(H2,24,25,26). The van der Waals surface area contributed by atoms with E-state index in [9.17, 15) is 4.79 Å². The number of anilines is 1. The number of rotatable bonds is 5. The molecule has 2 aromatic rings. The molecule has 0 bridgehead atoms. The fraction of sp³-hybridized carbons (Fsp3) is 0.435. The second kappa shape index (κ2) is 7.74. The van der Waals surface area contributed by atoms with Gasteiger partial charge in [-0.05, 0) is 36.5 Å². The van der Waals surface area contributed by atoms with Crippen LogP contribution in [0.1, 0.15) is 47.6 Å². The number of hydrogen-bond acceptors (Lipinski definition) is 3. The molecule has 0 aliphatic carbocycles. The Hall–Kier alpha value is -2.69. The molecule has 0 spiro atoms. The SMILES string of the molecule is Cc1cccc(C(C)C)c1NC(=O)NCCc1c2c(cc3c1OCC3)OCC2. The van der Waals surface area contributed by atoms with Crippen LogP contribution in [0.25, 0.3) is 0 Å². The van der Waals surface area contributed by atoms with Crippen LogP contribution in [-0.4, -0.2) is 25.8 Å². The van der Waals surface area contributed by atoms with Crippen LogP contribution < -0.4 is 20.1 Å². The Bertz CT molecular complexity index is 873. The van der Waals surface area contributed by atoms with Crippen molar-refractivity contribution in [1.82, 2.24) is 5.32 Å². The molecule has 0 radical (unpaired) electrons. The van der Waals surface area contributed by atoms with Crippen LogP contribution in [0, 0.1) is 6.92 Å². The molecule has 5 heteroatoms. The third kappa shape index (κ3) is 3.53. The Morgan fingerprint density at radius 2 is 2.00 bits per heavy atom. The zero-order valence-corrected chi connectivity index (χ0v) is 16.9. The highest BCUT2D eigenvalue weighted by Gasteiger charge is 2.26. The van der Waals surface area contributed by atoms with Crippen LogP contribution in [0.2, 0.25) is 0 Å². The molecule has 0 fully saturated rings. The maximum atomic E-state index is 12.5. The third-order valence-electron chi connectivity index (χ3n) is 5.59. The monoisotopic (exact) mass is 380 g/mol. The van der Waals surface area contributed by atoms with E-state index in [1.165, 1.54) is 16.7 Å². The summed E-state index contributed by atoms with van der Waals surface area (Å²) < 4.78 is 11.6. The van der Waals surface area contributed by atoms with Crippen LogP contribution in [0.5, 0.6) is 11.5 Å². The Balaban J connectivity index is 1.43. The van der Waals surface area contributed by atoms with Crippen molar-refractivity contribution < 1.29 is 14.3 Å². The van der Waals surface area contributed by atoms with Crippen LogP contribution in [-0.2, 0) is 19.3 Å². The van der Waals surface area contributed by atoms with Crippen LogP contribution in [0.3, 0.4) is 0 Å². The van der Waals surface area contributed by atoms with Crippen LogP contribution in [0.15, 0.2) is 24.3 Å². The van der Waals surface area contributed by atoms with Crippen molar-refractivity contribution in [2.75, 3.05) is 25.1 Å². The van der Waals surface area contributed by atoms with E-state index in [2.05, 4.69) is 36.6 Å². The summed E-state index contributed by atoms with van der Waals surface area (Å²) in [5.74, 6) is 2.35. The van der Waals surface area contributed by atoms with E-state index >= 15 is 0 Å². The first kappa shape index (κ1) is 18.7. The van der Waals surface area contributed by atoms with Gasteiger partial charge in [0.15, 0.2) is 0 Å². The number of aryl methyl sites for hydroxylation is 1. The van der Waals surface area contributed by atoms with Gasteiger partial charge in [0.25, 0.3) is 0 Å². The molecule has 5 nitrogen and oxygen atoms in total. The lowest BCUT2D eigenvalue weighted by Gasteiger charge is -2.17. The molecule has 0 saturated carbocycles. The van der Waals surface area contributed by atoms with E-state index in [0.29, 0.717) is 12.5 Å². The van der Waals surface area contributed by atoms with Gasteiger partial charge in [-0.15, -0.1) is 0 Å². The second-order valence-corrected chi connectivity index (χ2v) is 7.84. The molecule has 2 aliphatic heterocycles. The number of benzene rings is 2. The molecule has 28 heavy (non-hydrogen) atoms. The minimum absolute atomic E-state index is 0.169. The molecule has 0 saturated heterocycles. The normalized spacial score (nSPS) is 14.3. The van der Waals surface area contributed by atoms with E-state index in [0.717, 1.165) is 60.8 Å². The van der Waals surface area contributed by atoms with E-state index < -0.39 is 0 Å². The third-order valence-corrected chi connectivity index (χ3v) is 5.59. The quantitative estimate of drug-likeness (QED) is 0.811. The zero-order valence-electron chi connectivity index (χ0n) is 16.9. The predicted molar refractivity (Wildman–Crippen MR) is 111 cm³/mol. The van der Waals surface area contributed by atoms with Gasteiger partial charge >= 0.3 is 6.03 Å². The van der Waals surface area contributed by atoms with Crippen molar-refractivity contribution in [3.8, 4) is 11.5 Å². The number of urea groups is 1. The maximum Gasteiger partial charge on any atom is 0.319 e. The molecule has 2 aromatic carbocycles. The maximum absolute atomic E-state index is 12.5. The van der Waals surface area contributed by atoms with Gasteiger partial charge in [0, 0.05) is 41.8 Å². The van der Waals surface area contributed by atoms with Crippen molar-refractivity contribution in [3.63, 3.8) is 0 Å². The number of hydrogen-bond donors (Lipinski definition) is 2. The molecule has 0 atom stereocenters. The fourth-order valence-corrected chi connectivity index (χ4v) is 4.15. The number of para-hydroxylation sites is 1. The van der Waals surface area contributed by atoms with Crippen molar-refractivity contribution in [3.05, 3.63) is 52.1 Å². The summed E-state index contributed by atoms with van der Waals surface area (Å²) in [5, 5.41) is 6.05. The minimum atomic E-state index is -0.169. The average Bonchev–Trinajstić information content (AvgIpc) is 3.31. The van der Waals surface area contributed by atoms with Gasteiger partial charge in [-0.1, -0.05) is 32.0 Å². The number of carbonyl (C=O) groups is 1. The average molecular weight is 380 g/mol. The highest BCUT2D eigenvalue weighted by molar-refractivity contribution is 5.91. The summed E-state index contributed by atoms with van der Waals surface area (Å²) in [6.07, 6.45) is 2.58. The van der Waals surface area contributed by atoms with Gasteiger partial charge in [-0.3, -0.25) is 0 Å². The molecular formula is C23H28N2O3. The number of carbonyl (C=O) groups excluding carboxylic acids is 1. The van der Waals surface area contributed by atoms with Gasteiger partial charge in [-0.25, -0.2) is 4.79 Å². The minimum Gasteiger partial charge on any atom is -0.493 e. The number of amides is 2. The van der Waals surface area contributed by atoms with Crippen molar-refractivity contribution in [2.24, 2.45) is 0 Å². The lowest BCUT2D eigenvalue weighted by atomic mass is 9.97. The summed E-state index contributed by atoms with van der Waals surface area (Å²) in [4.78, 5) is 12.5. The topological polar surface area (TPSA) is 59.6 Å². The van der Waals surface area contributed by atoms with Crippen LogP contribution in [0.4, 0.5) is 10.5 Å². The van der Waals surface area contributed by atoms with Gasteiger partial charge in [-0.2, -0.15) is 0 Å². The Labute approximate surface area is 166 Å². The molecule has 4 rings (SSSR count). The highest BCUT2D eigenvalue weighted by atomic mass is 16.5. The van der Waals surface area contributed by atoms with Gasteiger partial charge in [0.1, 0.15) is 11.5 Å². The summed E-state index contributed by atoms with van der Waals surface area (Å²) in [6, 6.07) is 8.08. The van der Waals surface area contributed by atoms with E-state index in [1.54, 1.807) is 0 Å². The first-order chi connectivity index (χ1) is 13.5. The molecule has 2 heterocycles. The number of ether oxygens (including phenoxy) is 2. The van der Waals surface area contributed by atoms with E-state index in [-0.39, 0.29) is 6.03 Å². The molecule has 0 unspecified atom stereocenters. The number of fused-ring (bicyclic) bond motifs is 2. The van der Waals surface area contributed by atoms with E-state index in [1.807, 2.05) is 19.1 Å². The fourth-order valence-electron chi connectivity index (χ4n) is 4.15. The van der Waals surface area contributed by atoms with Gasteiger partial charge in [0.2, 0.25) is 0 Å². The summed E-state index contributed by atoms with van der Waals surface area (Å²) >= 11 is 0. The molecule has 0 aromatic heterocycles. The zero-order chi connectivity index (χ0) is 19.7. The van der Waals surface area contributed by atoms with Crippen molar-refractivity contribution >= 4 is 11.7 Å². The molecule has 2 amide bonds. The summed E-state index contributed by atoms with van der Waals surface area (Å²) in [7, 11) is 0. The largest absolute Gasteiger partial charge is 0.493 e. The van der Waals surface area contributed by atoms with Gasteiger partial charge in [0.05, 0.1) is 13.2 Å². The Kier molecular flexibility index (Phi) is 5.16. The van der Waals surface area contributed by atoms with Crippen molar-refractivity contribution in [1.29, 1.82) is 0 Å². The highest BCUT2D eigenvalue weighted by Crippen LogP contribution is 2.40.